The van der Waals surface area contributed by atoms with E-state index >= 15 is 0 Å². The largest absolute Gasteiger partial charge is 0.384 e. The van der Waals surface area contributed by atoms with Crippen LogP contribution in [0.25, 0.3) is 0 Å². The first-order chi connectivity index (χ1) is 11.5. The molecule has 5 nitrogen and oxygen atoms in total. The second-order valence-electron chi connectivity index (χ2n) is 4.99. The third-order valence-corrected chi connectivity index (χ3v) is 3.99. The summed E-state index contributed by atoms with van der Waals surface area (Å²) >= 11 is 1.22. The fourth-order valence-corrected chi connectivity index (χ4v) is 2.94. The molecule has 0 aliphatic rings. The van der Waals surface area contributed by atoms with Gasteiger partial charge in [-0.3, -0.25) is 10.1 Å². The van der Waals surface area contributed by atoms with Gasteiger partial charge < -0.3 is 5.73 Å². The molecule has 3 aromatic rings. The molecule has 0 unspecified atom stereocenters. The molecule has 2 aromatic heterocycles. The molecule has 0 aliphatic carbocycles. The zero-order valence-corrected chi connectivity index (χ0v) is 13.1. The van der Waals surface area contributed by atoms with Crippen LogP contribution in [0, 0.1) is 11.6 Å². The number of aromatic nitrogens is 2. The zero-order chi connectivity index (χ0) is 17.1. The van der Waals surface area contributed by atoms with Gasteiger partial charge in [0, 0.05) is 23.6 Å². The summed E-state index contributed by atoms with van der Waals surface area (Å²) in [5.74, 6) is -1.44. The van der Waals surface area contributed by atoms with Crippen molar-refractivity contribution in [2.24, 2.45) is 0 Å². The number of pyridine rings is 1. The van der Waals surface area contributed by atoms with E-state index in [1.165, 1.54) is 29.5 Å². The highest BCUT2D eigenvalue weighted by Crippen LogP contribution is 2.22. The molecule has 0 atom stereocenters. The third-order valence-electron chi connectivity index (χ3n) is 3.08. The predicted molar refractivity (Wildman–Crippen MR) is 87.9 cm³/mol. The quantitative estimate of drug-likeness (QED) is 0.760. The fraction of sp³-hybridized carbons (Fsp3) is 0.0625. The van der Waals surface area contributed by atoms with Crippen LogP contribution in [0.1, 0.15) is 20.9 Å². The van der Waals surface area contributed by atoms with Gasteiger partial charge in [-0.1, -0.05) is 6.07 Å². The summed E-state index contributed by atoms with van der Waals surface area (Å²) < 4.78 is 26.4. The Labute approximate surface area is 140 Å². The number of carbonyl (C=O) groups is 1. The van der Waals surface area contributed by atoms with Crippen molar-refractivity contribution in [3.63, 3.8) is 0 Å². The second kappa shape index (κ2) is 6.71. The Morgan fingerprint density at radius 3 is 2.67 bits per heavy atom. The number of carbonyl (C=O) groups excluding carboxylic acids is 1. The first-order valence-electron chi connectivity index (χ1n) is 6.93. The molecular weight excluding hydrogens is 334 g/mol. The molecule has 0 radical (unpaired) electrons. The number of benzene rings is 1. The molecule has 0 bridgehead atoms. The van der Waals surface area contributed by atoms with Crippen LogP contribution in [0.15, 0.2) is 42.6 Å². The number of nitrogens with zero attached hydrogens (tertiary/aromatic N) is 2. The number of thiazole rings is 1. The maximum Gasteiger partial charge on any atom is 0.276 e. The van der Waals surface area contributed by atoms with Crippen molar-refractivity contribution in [2.75, 3.05) is 11.1 Å². The first-order valence-corrected chi connectivity index (χ1v) is 7.75. The van der Waals surface area contributed by atoms with Gasteiger partial charge in [0.2, 0.25) is 0 Å². The summed E-state index contributed by atoms with van der Waals surface area (Å²) in [6.07, 6.45) is 1.87. The standard InChI is InChI=1S/C16H12F2N4OS/c17-10-4-9(5-11(18)7-10)6-12-8-20-16(24-12)22-15(23)13-2-1-3-14(19)21-13/h1-5,7-8H,6H2,(H2,19,21)(H,20,22,23). The molecule has 0 spiro atoms. The molecule has 0 aliphatic heterocycles. The number of nitrogen functional groups attached to an aromatic ring is 1. The highest BCUT2D eigenvalue weighted by Gasteiger charge is 2.11. The molecular formula is C16H12F2N4OS. The van der Waals surface area contributed by atoms with Gasteiger partial charge >= 0.3 is 0 Å². The van der Waals surface area contributed by atoms with Crippen molar-refractivity contribution >= 4 is 28.2 Å². The van der Waals surface area contributed by atoms with Crippen molar-refractivity contribution in [3.8, 4) is 0 Å². The number of halogens is 2. The fourth-order valence-electron chi connectivity index (χ4n) is 2.10. The molecule has 122 valence electrons. The Balaban J connectivity index is 1.70. The Morgan fingerprint density at radius 2 is 1.96 bits per heavy atom. The number of rotatable bonds is 4. The Morgan fingerprint density at radius 1 is 1.21 bits per heavy atom. The normalized spacial score (nSPS) is 10.6. The molecule has 2 heterocycles. The summed E-state index contributed by atoms with van der Waals surface area (Å²) in [4.78, 5) is 20.8. The first kappa shape index (κ1) is 16.0. The van der Waals surface area contributed by atoms with E-state index in [-0.39, 0.29) is 11.5 Å². The maximum atomic E-state index is 13.2. The number of amides is 1. The van der Waals surface area contributed by atoms with Crippen LogP contribution in [-0.2, 0) is 6.42 Å². The zero-order valence-electron chi connectivity index (χ0n) is 12.3. The topological polar surface area (TPSA) is 80.9 Å². The molecule has 0 saturated carbocycles. The van der Waals surface area contributed by atoms with Crippen molar-refractivity contribution < 1.29 is 13.6 Å². The van der Waals surface area contributed by atoms with Gasteiger partial charge in [0.05, 0.1) is 0 Å². The van der Waals surface area contributed by atoms with Gasteiger partial charge in [-0.25, -0.2) is 18.7 Å². The average Bonchev–Trinajstić information content (AvgIpc) is 2.93. The molecule has 1 aromatic carbocycles. The van der Waals surface area contributed by atoms with E-state index in [2.05, 4.69) is 15.3 Å². The van der Waals surface area contributed by atoms with Crippen LogP contribution in [-0.4, -0.2) is 15.9 Å². The summed E-state index contributed by atoms with van der Waals surface area (Å²) in [6.45, 7) is 0. The summed E-state index contributed by atoms with van der Waals surface area (Å²) in [5.41, 5.74) is 6.21. The summed E-state index contributed by atoms with van der Waals surface area (Å²) in [6, 6.07) is 8.09. The van der Waals surface area contributed by atoms with Gasteiger partial charge in [0.1, 0.15) is 23.1 Å². The number of hydrogen-bond acceptors (Lipinski definition) is 5. The van der Waals surface area contributed by atoms with E-state index in [1.54, 1.807) is 18.3 Å². The minimum atomic E-state index is -0.629. The van der Waals surface area contributed by atoms with E-state index in [0.717, 1.165) is 10.9 Å². The molecule has 24 heavy (non-hydrogen) atoms. The van der Waals surface area contributed by atoms with Crippen LogP contribution >= 0.6 is 11.3 Å². The lowest BCUT2D eigenvalue weighted by molar-refractivity contribution is 0.102. The monoisotopic (exact) mass is 346 g/mol. The Bertz CT molecular complexity index is 877. The second-order valence-corrected chi connectivity index (χ2v) is 6.10. The Kier molecular flexibility index (Phi) is 4.48. The maximum absolute atomic E-state index is 13.2. The molecule has 0 saturated heterocycles. The lowest BCUT2D eigenvalue weighted by atomic mass is 10.1. The number of anilines is 2. The SMILES string of the molecule is Nc1cccc(C(=O)Nc2ncc(Cc3cc(F)cc(F)c3)s2)n1. The van der Waals surface area contributed by atoms with Crippen molar-refractivity contribution in [3.05, 3.63) is 70.4 Å². The van der Waals surface area contributed by atoms with E-state index in [0.29, 0.717) is 17.1 Å². The summed E-state index contributed by atoms with van der Waals surface area (Å²) in [7, 11) is 0. The van der Waals surface area contributed by atoms with Crippen molar-refractivity contribution in [1.29, 1.82) is 0 Å². The van der Waals surface area contributed by atoms with E-state index in [1.807, 2.05) is 0 Å². The highest BCUT2D eigenvalue weighted by atomic mass is 32.1. The molecule has 3 rings (SSSR count). The van der Waals surface area contributed by atoms with Crippen LogP contribution in [0.5, 0.6) is 0 Å². The van der Waals surface area contributed by atoms with Gasteiger partial charge in [-0.2, -0.15) is 0 Å². The number of nitrogens with one attached hydrogen (secondary N) is 1. The third kappa shape index (κ3) is 3.90. The lowest BCUT2D eigenvalue weighted by Gasteiger charge is -2.01. The molecule has 1 amide bonds. The van der Waals surface area contributed by atoms with Gasteiger partial charge in [-0.15, -0.1) is 11.3 Å². The van der Waals surface area contributed by atoms with Crippen molar-refractivity contribution in [1.82, 2.24) is 9.97 Å². The molecule has 8 heteroatoms. The van der Waals surface area contributed by atoms with Gasteiger partial charge in [0.25, 0.3) is 5.91 Å². The van der Waals surface area contributed by atoms with Gasteiger partial charge in [0.15, 0.2) is 5.13 Å². The van der Waals surface area contributed by atoms with E-state index < -0.39 is 17.5 Å². The Hall–Kier alpha value is -2.87. The van der Waals surface area contributed by atoms with E-state index in [4.69, 9.17) is 5.73 Å². The minimum Gasteiger partial charge on any atom is -0.384 e. The van der Waals surface area contributed by atoms with Crippen LogP contribution < -0.4 is 11.1 Å². The predicted octanol–water partition coefficient (Wildman–Crippen LogP) is 3.24. The van der Waals surface area contributed by atoms with Crippen LogP contribution in [0.3, 0.4) is 0 Å². The highest BCUT2D eigenvalue weighted by molar-refractivity contribution is 7.15. The van der Waals surface area contributed by atoms with Gasteiger partial charge in [-0.05, 0) is 29.8 Å². The van der Waals surface area contributed by atoms with Crippen molar-refractivity contribution in [2.45, 2.75) is 6.42 Å². The minimum absolute atomic E-state index is 0.180. The van der Waals surface area contributed by atoms with Crippen LogP contribution in [0.2, 0.25) is 0 Å². The summed E-state index contributed by atoms with van der Waals surface area (Å²) in [5, 5.41) is 2.99. The number of hydrogen-bond donors (Lipinski definition) is 2. The smallest absolute Gasteiger partial charge is 0.276 e. The van der Waals surface area contributed by atoms with Crippen LogP contribution in [0.4, 0.5) is 19.7 Å². The lowest BCUT2D eigenvalue weighted by Crippen LogP contribution is -2.13. The average molecular weight is 346 g/mol. The van der Waals surface area contributed by atoms with E-state index in [9.17, 15) is 13.6 Å². The molecule has 0 fully saturated rings. The number of nitrogens with two attached hydrogens (primary N) is 1. The molecule has 3 N–H and O–H groups in total.